The van der Waals surface area contributed by atoms with E-state index in [0.717, 1.165) is 0 Å². The van der Waals surface area contributed by atoms with E-state index in [9.17, 15) is 27.2 Å². The average Bonchev–Trinajstić information content (AvgIpc) is 3.61. The van der Waals surface area contributed by atoms with E-state index in [2.05, 4.69) is 20.6 Å². The number of carbonyl (C=O) groups excluding carboxylic acids is 2. The highest BCUT2D eigenvalue weighted by molar-refractivity contribution is 5.96. The van der Waals surface area contributed by atoms with Crippen LogP contribution < -0.4 is 15.4 Å². The Balaban J connectivity index is 1.14. The van der Waals surface area contributed by atoms with Crippen molar-refractivity contribution in [2.45, 2.75) is 25.3 Å². The molecule has 230 valence electrons. The highest BCUT2D eigenvalue weighted by Crippen LogP contribution is 2.32. The van der Waals surface area contributed by atoms with Crippen molar-refractivity contribution in [1.29, 1.82) is 0 Å². The fourth-order valence-corrected chi connectivity index (χ4v) is 5.62. The summed E-state index contributed by atoms with van der Waals surface area (Å²) in [4.78, 5) is 37.9. The lowest BCUT2D eigenvalue weighted by atomic mass is 10.1. The fourth-order valence-electron chi connectivity index (χ4n) is 5.62. The van der Waals surface area contributed by atoms with Crippen LogP contribution >= 0.6 is 0 Å². The number of nitrogens with one attached hydrogen (secondary N) is 2. The van der Waals surface area contributed by atoms with Gasteiger partial charge in [0.2, 0.25) is 11.7 Å². The first-order chi connectivity index (χ1) is 21.1. The molecule has 4 aromatic rings. The molecular formula is C30H29F4N7O3. The molecule has 2 aliphatic rings. The second kappa shape index (κ2) is 11.4. The van der Waals surface area contributed by atoms with Crippen LogP contribution in [0.3, 0.4) is 0 Å². The number of alkyl halides is 2. The number of halogens is 4. The summed E-state index contributed by atoms with van der Waals surface area (Å²) in [5, 5.41) is 5.77. The van der Waals surface area contributed by atoms with Gasteiger partial charge in [-0.2, -0.15) is 4.39 Å². The molecule has 0 spiro atoms. The number of aromatic nitrogens is 3. The zero-order valence-corrected chi connectivity index (χ0v) is 23.9. The summed E-state index contributed by atoms with van der Waals surface area (Å²) in [6.45, 7) is 2.40. The minimum Gasteiger partial charge on any atom is -0.494 e. The number of imidazole rings is 1. The molecule has 0 bridgehead atoms. The van der Waals surface area contributed by atoms with E-state index in [-0.39, 0.29) is 36.2 Å². The molecule has 10 nitrogen and oxygen atoms in total. The van der Waals surface area contributed by atoms with Crippen LogP contribution in [-0.2, 0) is 4.79 Å². The second-order valence-electron chi connectivity index (χ2n) is 10.8. The Morgan fingerprint density at radius 3 is 2.48 bits per heavy atom. The Hall–Kier alpha value is -4.72. The van der Waals surface area contributed by atoms with Crippen molar-refractivity contribution >= 4 is 29.0 Å². The van der Waals surface area contributed by atoms with Gasteiger partial charge in [0, 0.05) is 61.8 Å². The summed E-state index contributed by atoms with van der Waals surface area (Å²) in [5.74, 6) is -5.45. The summed E-state index contributed by atoms with van der Waals surface area (Å²) >= 11 is 0. The lowest BCUT2D eigenvalue weighted by molar-refractivity contribution is -0.135. The van der Waals surface area contributed by atoms with Gasteiger partial charge in [0.25, 0.3) is 11.8 Å². The van der Waals surface area contributed by atoms with Crippen molar-refractivity contribution in [3.05, 3.63) is 71.7 Å². The monoisotopic (exact) mass is 611 g/mol. The number of ether oxygens (including phenoxy) is 1. The minimum atomic E-state index is -2.89. The third-order valence-corrected chi connectivity index (χ3v) is 7.98. The molecule has 2 fully saturated rings. The maximum absolute atomic E-state index is 14.8. The van der Waals surface area contributed by atoms with Crippen LogP contribution in [0.5, 0.6) is 5.75 Å². The van der Waals surface area contributed by atoms with Crippen molar-refractivity contribution in [2.24, 2.45) is 0 Å². The molecule has 1 unspecified atom stereocenters. The summed E-state index contributed by atoms with van der Waals surface area (Å²) in [6.07, 6.45) is 4.00. The van der Waals surface area contributed by atoms with Gasteiger partial charge in [-0.3, -0.25) is 19.3 Å². The first kappa shape index (κ1) is 29.4. The van der Waals surface area contributed by atoms with E-state index in [1.807, 2.05) is 0 Å². The van der Waals surface area contributed by atoms with Gasteiger partial charge in [0.1, 0.15) is 0 Å². The van der Waals surface area contributed by atoms with Gasteiger partial charge in [-0.1, -0.05) is 0 Å². The molecule has 6 rings (SSSR count). The average molecular weight is 612 g/mol. The van der Waals surface area contributed by atoms with Crippen molar-refractivity contribution in [2.75, 3.05) is 45.2 Å². The van der Waals surface area contributed by atoms with E-state index < -0.39 is 36.6 Å². The van der Waals surface area contributed by atoms with Crippen LogP contribution in [0.2, 0.25) is 0 Å². The Morgan fingerprint density at radius 2 is 1.80 bits per heavy atom. The normalized spacial score (nSPS) is 18.1. The Labute approximate surface area is 249 Å². The number of rotatable bonds is 6. The molecule has 2 aromatic carbocycles. The first-order valence-corrected chi connectivity index (χ1v) is 14.0. The first-order valence-electron chi connectivity index (χ1n) is 14.0. The number of anilines is 2. The molecule has 0 aliphatic carbocycles. The fraction of sp³-hybridized carbons (Fsp3) is 0.333. The molecular weight excluding hydrogens is 582 g/mol. The zero-order valence-electron chi connectivity index (χ0n) is 23.9. The maximum atomic E-state index is 14.8. The van der Waals surface area contributed by atoms with Gasteiger partial charge >= 0.3 is 0 Å². The largest absolute Gasteiger partial charge is 0.494 e. The number of amides is 2. The maximum Gasteiger partial charge on any atom is 0.262 e. The molecule has 2 N–H and O–H groups in total. The SMILES string of the molecule is COc1ccc(-c2cnc3c(Nc4ccc(C(=O)N5CCN(C(=O)C6CC(F)(F)CN6)CC5)c(C)c4)nccn23)c(F)c1F. The Bertz CT molecular complexity index is 1750. The number of piperazine rings is 1. The van der Waals surface area contributed by atoms with Crippen LogP contribution in [-0.4, -0.2) is 87.8 Å². The number of hydrogen-bond acceptors (Lipinski definition) is 7. The molecule has 1 atom stereocenters. The van der Waals surface area contributed by atoms with Crippen LogP contribution in [0.4, 0.5) is 29.1 Å². The molecule has 2 saturated heterocycles. The van der Waals surface area contributed by atoms with Gasteiger partial charge in [-0.05, 0) is 42.8 Å². The van der Waals surface area contributed by atoms with Crippen molar-refractivity contribution in [3.8, 4) is 17.0 Å². The molecule has 2 aromatic heterocycles. The number of nitrogens with zero attached hydrogens (tertiary/aromatic N) is 5. The number of carbonyl (C=O) groups is 2. The van der Waals surface area contributed by atoms with Crippen molar-refractivity contribution in [3.63, 3.8) is 0 Å². The quantitative estimate of drug-likeness (QED) is 0.318. The topological polar surface area (TPSA) is 104 Å². The number of fused-ring (bicyclic) bond motifs is 1. The Morgan fingerprint density at radius 1 is 1.05 bits per heavy atom. The predicted molar refractivity (Wildman–Crippen MR) is 153 cm³/mol. The van der Waals surface area contributed by atoms with E-state index >= 15 is 0 Å². The van der Waals surface area contributed by atoms with Crippen molar-refractivity contribution in [1.82, 2.24) is 29.5 Å². The standard InChI is InChI=1S/C30H29F4N7O3/c1-17-13-18(3-4-19(17)28(42)39-9-11-40(12-10-39)29(43)21-14-30(33,34)16-37-21)38-26-27-36-15-22(41(27)8-7-35-26)20-5-6-23(44-2)25(32)24(20)31/h3-8,13,15,21,37H,9-12,14,16H2,1-2H3,(H,35,38). The van der Waals surface area contributed by atoms with Gasteiger partial charge in [0.15, 0.2) is 23.0 Å². The van der Waals surface area contributed by atoms with E-state index in [4.69, 9.17) is 4.74 Å². The highest BCUT2D eigenvalue weighted by Gasteiger charge is 2.44. The molecule has 4 heterocycles. The number of benzene rings is 2. The molecule has 0 radical (unpaired) electrons. The lowest BCUT2D eigenvalue weighted by Gasteiger charge is -2.36. The zero-order chi connectivity index (χ0) is 31.2. The van der Waals surface area contributed by atoms with Crippen molar-refractivity contribution < 1.29 is 31.9 Å². The lowest BCUT2D eigenvalue weighted by Crippen LogP contribution is -2.54. The van der Waals surface area contributed by atoms with Gasteiger partial charge in [-0.25, -0.2) is 23.1 Å². The number of aryl methyl sites for hydroxylation is 1. The number of methoxy groups -OCH3 is 1. The third-order valence-electron chi connectivity index (χ3n) is 7.98. The highest BCUT2D eigenvalue weighted by atomic mass is 19.3. The van der Waals surface area contributed by atoms with Crippen LogP contribution in [0.25, 0.3) is 16.9 Å². The van der Waals surface area contributed by atoms with Gasteiger partial charge in [-0.15, -0.1) is 0 Å². The molecule has 44 heavy (non-hydrogen) atoms. The van der Waals surface area contributed by atoms with E-state index in [1.54, 1.807) is 40.6 Å². The second-order valence-corrected chi connectivity index (χ2v) is 10.8. The predicted octanol–water partition coefficient (Wildman–Crippen LogP) is 4.02. The smallest absolute Gasteiger partial charge is 0.262 e. The van der Waals surface area contributed by atoms with E-state index in [0.29, 0.717) is 47.1 Å². The van der Waals surface area contributed by atoms with Crippen LogP contribution in [0, 0.1) is 18.6 Å². The molecule has 2 aliphatic heterocycles. The van der Waals surface area contributed by atoms with Gasteiger partial charge < -0.3 is 19.9 Å². The van der Waals surface area contributed by atoms with Crippen LogP contribution in [0.1, 0.15) is 22.3 Å². The minimum absolute atomic E-state index is 0.00797. The third kappa shape index (κ3) is 5.41. The van der Waals surface area contributed by atoms with Crippen LogP contribution in [0.15, 0.2) is 48.9 Å². The van der Waals surface area contributed by atoms with Gasteiger partial charge in [0.05, 0.1) is 31.6 Å². The summed E-state index contributed by atoms with van der Waals surface area (Å²) in [6, 6.07) is 7.05. The summed E-state index contributed by atoms with van der Waals surface area (Å²) < 4.78 is 62.7. The summed E-state index contributed by atoms with van der Waals surface area (Å²) in [7, 11) is 1.26. The molecule has 2 amide bonds. The number of hydrogen-bond donors (Lipinski definition) is 2. The van der Waals surface area contributed by atoms with E-state index in [1.165, 1.54) is 36.5 Å². The summed E-state index contributed by atoms with van der Waals surface area (Å²) in [5.41, 5.74) is 2.51. The Kier molecular flexibility index (Phi) is 7.61. The molecule has 0 saturated carbocycles. The molecule has 14 heteroatoms.